The van der Waals surface area contributed by atoms with Crippen LogP contribution < -0.4 is 14.5 Å². The molecule has 0 aliphatic carbocycles. The van der Waals surface area contributed by atoms with Crippen LogP contribution in [0.4, 0.5) is 16.5 Å². The second-order valence-corrected chi connectivity index (χ2v) is 13.5. The third-order valence-electron chi connectivity index (χ3n) is 6.43. The lowest BCUT2D eigenvalue weighted by molar-refractivity contribution is -0.118. The predicted molar refractivity (Wildman–Crippen MR) is 138 cm³/mol. The number of aromatic nitrogens is 1. The van der Waals surface area contributed by atoms with Crippen LogP contribution in [0.5, 0.6) is 0 Å². The number of anilines is 3. The first-order chi connectivity index (χ1) is 17.1. The molecule has 3 aromatic rings. The normalized spacial score (nSPS) is 18.2. The van der Waals surface area contributed by atoms with Gasteiger partial charge < -0.3 is 9.80 Å². The van der Waals surface area contributed by atoms with Gasteiger partial charge in [-0.25, -0.2) is 26.1 Å². The Balaban J connectivity index is 1.32. The monoisotopic (exact) mass is 547 g/mol. The maximum absolute atomic E-state index is 13.4. The van der Waals surface area contributed by atoms with Gasteiger partial charge in [0.15, 0.2) is 5.13 Å². The number of thiazole rings is 1. The number of rotatable bonds is 7. The van der Waals surface area contributed by atoms with Gasteiger partial charge >= 0.3 is 0 Å². The highest BCUT2D eigenvalue weighted by Crippen LogP contribution is 2.36. The highest BCUT2D eigenvalue weighted by Gasteiger charge is 2.39. The van der Waals surface area contributed by atoms with Crippen LogP contribution in [0.1, 0.15) is 12.0 Å². The van der Waals surface area contributed by atoms with Gasteiger partial charge in [-0.05, 0) is 60.9 Å². The highest BCUT2D eigenvalue weighted by molar-refractivity contribution is 7.93. The lowest BCUT2D eigenvalue weighted by Crippen LogP contribution is -2.41. The molecule has 3 heterocycles. The molecule has 1 amide bonds. The maximum atomic E-state index is 13.4. The van der Waals surface area contributed by atoms with Crippen LogP contribution in [0, 0.1) is 0 Å². The van der Waals surface area contributed by atoms with Crippen LogP contribution in [0.15, 0.2) is 63.8 Å². The van der Waals surface area contributed by atoms with E-state index in [1.165, 1.54) is 48.1 Å². The third kappa shape index (κ3) is 4.36. The van der Waals surface area contributed by atoms with E-state index < -0.39 is 20.0 Å². The lowest BCUT2D eigenvalue weighted by Gasteiger charge is -2.26. The summed E-state index contributed by atoms with van der Waals surface area (Å²) in [7, 11) is -4.30. The second-order valence-electron chi connectivity index (χ2n) is 8.75. The van der Waals surface area contributed by atoms with Gasteiger partial charge in [0.05, 0.1) is 9.79 Å². The van der Waals surface area contributed by atoms with Gasteiger partial charge in [-0.1, -0.05) is 0 Å². The smallest absolute Gasteiger partial charge is 0.263 e. The van der Waals surface area contributed by atoms with Crippen molar-refractivity contribution in [1.29, 1.82) is 0 Å². The molecule has 5 rings (SSSR count). The van der Waals surface area contributed by atoms with Crippen molar-refractivity contribution in [3.8, 4) is 0 Å². The first-order valence-electron chi connectivity index (χ1n) is 11.2. The van der Waals surface area contributed by atoms with E-state index in [0.29, 0.717) is 31.6 Å². The average molecular weight is 548 g/mol. The van der Waals surface area contributed by atoms with E-state index in [9.17, 15) is 21.6 Å². The Labute approximate surface area is 214 Å². The van der Waals surface area contributed by atoms with Crippen LogP contribution in [-0.4, -0.2) is 65.3 Å². The molecule has 0 bridgehead atoms. The first-order valence-corrected chi connectivity index (χ1v) is 15.0. The highest BCUT2D eigenvalue weighted by atomic mass is 32.2. The molecule has 0 saturated carbocycles. The van der Waals surface area contributed by atoms with Crippen LogP contribution in [-0.2, 0) is 31.3 Å². The number of carbonyl (C=O) groups excluding carboxylic acids is 1. The third-order valence-corrected chi connectivity index (χ3v) is 10.4. The van der Waals surface area contributed by atoms with E-state index in [2.05, 4.69) is 9.71 Å². The fourth-order valence-corrected chi connectivity index (χ4v) is 7.30. The minimum atomic E-state index is -3.77. The van der Waals surface area contributed by atoms with Crippen molar-refractivity contribution in [2.24, 2.45) is 0 Å². The van der Waals surface area contributed by atoms with Gasteiger partial charge in [-0.2, -0.15) is 0 Å². The number of fused-ring (bicyclic) bond motifs is 1. The largest absolute Gasteiger partial charge is 0.359 e. The Kier molecular flexibility index (Phi) is 6.27. The van der Waals surface area contributed by atoms with Crippen molar-refractivity contribution in [2.75, 3.05) is 41.7 Å². The van der Waals surface area contributed by atoms with Crippen LogP contribution in [0.3, 0.4) is 0 Å². The van der Waals surface area contributed by atoms with Crippen LogP contribution >= 0.6 is 11.3 Å². The molecule has 36 heavy (non-hydrogen) atoms. The standard InChI is InChI=1S/C23H25N5O5S3/c1-26(2)36(32,33)19-7-8-20-16(15-19)9-12-28(20)21-10-13-27(22(21)29)17-3-5-18(6-4-17)35(30,31)25-23-24-11-14-34-23/h3-8,11,14-15,21H,9-10,12-13H2,1-2H3,(H,24,25)/t21-/m0/s1. The lowest BCUT2D eigenvalue weighted by atomic mass is 10.1. The van der Waals surface area contributed by atoms with E-state index in [1.54, 1.807) is 40.6 Å². The summed E-state index contributed by atoms with van der Waals surface area (Å²) >= 11 is 1.19. The number of hydrogen-bond donors (Lipinski definition) is 1. The number of amides is 1. The zero-order chi connectivity index (χ0) is 25.7. The molecule has 0 unspecified atom stereocenters. The molecule has 1 aromatic heterocycles. The summed E-state index contributed by atoms with van der Waals surface area (Å²) in [5.74, 6) is -0.0654. The quantitative estimate of drug-likeness (QED) is 0.482. The molecule has 0 radical (unpaired) electrons. The summed E-state index contributed by atoms with van der Waals surface area (Å²) in [5.41, 5.74) is 2.41. The molecular weight excluding hydrogens is 522 g/mol. The molecule has 2 aliphatic heterocycles. The fourth-order valence-electron chi connectivity index (χ4n) is 4.56. The molecule has 2 aliphatic rings. The van der Waals surface area contributed by atoms with Crippen molar-refractivity contribution >= 4 is 53.8 Å². The molecule has 190 valence electrons. The summed E-state index contributed by atoms with van der Waals surface area (Å²) < 4.78 is 53.8. The van der Waals surface area contributed by atoms with Crippen molar-refractivity contribution in [3.05, 3.63) is 59.6 Å². The number of benzene rings is 2. The van der Waals surface area contributed by atoms with Gasteiger partial charge in [-0.15, -0.1) is 11.3 Å². The number of nitrogens with one attached hydrogen (secondary N) is 1. The topological polar surface area (TPSA) is 120 Å². The van der Waals surface area contributed by atoms with Gasteiger partial charge in [0.25, 0.3) is 10.0 Å². The fraction of sp³-hybridized carbons (Fsp3) is 0.304. The molecule has 1 fully saturated rings. The summed E-state index contributed by atoms with van der Waals surface area (Å²) in [5, 5.41) is 1.97. The SMILES string of the molecule is CN(C)S(=O)(=O)c1ccc2c(c1)CCN2[C@H]1CCN(c2ccc(S(=O)(=O)Nc3nccs3)cc2)C1=O. The summed E-state index contributed by atoms with van der Waals surface area (Å²) in [4.78, 5) is 21.3. The van der Waals surface area contributed by atoms with Crippen molar-refractivity contribution in [3.63, 3.8) is 0 Å². The van der Waals surface area contributed by atoms with Crippen molar-refractivity contribution in [1.82, 2.24) is 9.29 Å². The number of carbonyl (C=O) groups is 1. The van der Waals surface area contributed by atoms with Crippen LogP contribution in [0.2, 0.25) is 0 Å². The van der Waals surface area contributed by atoms with Crippen molar-refractivity contribution in [2.45, 2.75) is 28.7 Å². The van der Waals surface area contributed by atoms with Gasteiger partial charge in [0.2, 0.25) is 15.9 Å². The predicted octanol–water partition coefficient (Wildman–Crippen LogP) is 2.36. The number of sulfonamides is 2. The van der Waals surface area contributed by atoms with E-state index in [0.717, 1.165) is 11.3 Å². The van der Waals surface area contributed by atoms with E-state index >= 15 is 0 Å². The Morgan fingerprint density at radius 3 is 2.42 bits per heavy atom. The summed E-state index contributed by atoms with van der Waals surface area (Å²) in [6, 6.07) is 10.9. The zero-order valence-corrected chi connectivity index (χ0v) is 22.1. The Hall–Kier alpha value is -3.00. The minimum Gasteiger partial charge on any atom is -0.359 e. The van der Waals surface area contributed by atoms with Crippen molar-refractivity contribution < 1.29 is 21.6 Å². The van der Waals surface area contributed by atoms with E-state index in [-0.39, 0.29) is 26.9 Å². The van der Waals surface area contributed by atoms with E-state index in [4.69, 9.17) is 0 Å². The molecule has 2 aromatic carbocycles. The Bertz CT molecular complexity index is 1500. The molecule has 1 atom stereocenters. The Morgan fingerprint density at radius 1 is 1.03 bits per heavy atom. The Morgan fingerprint density at radius 2 is 1.75 bits per heavy atom. The zero-order valence-electron chi connectivity index (χ0n) is 19.7. The molecule has 1 N–H and O–H groups in total. The molecule has 13 heteroatoms. The molecule has 1 saturated heterocycles. The summed E-state index contributed by atoms with van der Waals surface area (Å²) in [6.45, 7) is 1.14. The summed E-state index contributed by atoms with van der Waals surface area (Å²) in [6.07, 6.45) is 2.79. The van der Waals surface area contributed by atoms with Crippen LogP contribution in [0.25, 0.3) is 0 Å². The molecule has 0 spiro atoms. The number of hydrogen-bond acceptors (Lipinski definition) is 8. The van der Waals surface area contributed by atoms with Gasteiger partial charge in [0.1, 0.15) is 6.04 Å². The molecule has 10 nitrogen and oxygen atoms in total. The van der Waals surface area contributed by atoms with Gasteiger partial charge in [-0.3, -0.25) is 9.52 Å². The van der Waals surface area contributed by atoms with Gasteiger partial charge in [0, 0.05) is 50.1 Å². The second kappa shape index (κ2) is 9.14. The number of nitrogens with zero attached hydrogens (tertiary/aromatic N) is 4. The average Bonchev–Trinajstić information content (AvgIpc) is 3.58. The van der Waals surface area contributed by atoms with E-state index in [1.807, 2.05) is 4.90 Å². The minimum absolute atomic E-state index is 0.0654. The first kappa shape index (κ1) is 24.7. The maximum Gasteiger partial charge on any atom is 0.263 e. The molecular formula is C23H25N5O5S3.